The molecule has 2 aromatic carbocycles. The molecule has 0 atom stereocenters. The van der Waals surface area contributed by atoms with E-state index in [1.807, 2.05) is 48.5 Å². The first-order chi connectivity index (χ1) is 13.7. The third-order valence-electron chi connectivity index (χ3n) is 4.76. The molecule has 0 heterocycles. The second kappa shape index (κ2) is 10.7. The van der Waals surface area contributed by atoms with Crippen molar-refractivity contribution in [1.82, 2.24) is 10.7 Å². The number of benzene rings is 2. The summed E-state index contributed by atoms with van der Waals surface area (Å²) < 4.78 is 11.2. The largest absolute Gasteiger partial charge is 0.497 e. The first-order valence-electron chi connectivity index (χ1n) is 9.69. The Morgan fingerprint density at radius 1 is 1.14 bits per heavy atom. The van der Waals surface area contributed by atoms with E-state index in [0.29, 0.717) is 17.8 Å². The van der Waals surface area contributed by atoms with Crippen molar-refractivity contribution >= 4 is 23.5 Å². The molecule has 0 spiro atoms. The van der Waals surface area contributed by atoms with E-state index in [9.17, 15) is 0 Å². The number of nitrogens with one attached hydrogen (secondary N) is 2. The number of hydrogen-bond donors (Lipinski definition) is 2. The standard InChI is InChI=1S/C22H27N3O2S/c1-26-20-12-7-8-17(14-20)16-27-21-13-6-5-9-18(21)15-23-25-22(28)24-19-10-3-2-4-11-19/h5-9,12-15,19H,2-4,10-11,16H2,1H3,(H2,24,25,28)/b23-15-. The van der Waals surface area contributed by atoms with Crippen molar-refractivity contribution in [3.05, 3.63) is 59.7 Å². The van der Waals surface area contributed by atoms with Crippen LogP contribution < -0.4 is 20.2 Å². The lowest BCUT2D eigenvalue weighted by Gasteiger charge is -2.23. The average molecular weight is 398 g/mol. The zero-order valence-electron chi connectivity index (χ0n) is 16.2. The minimum atomic E-state index is 0.455. The van der Waals surface area contributed by atoms with Gasteiger partial charge in [-0.3, -0.25) is 5.43 Å². The van der Waals surface area contributed by atoms with Gasteiger partial charge in [-0.2, -0.15) is 5.10 Å². The zero-order valence-corrected chi connectivity index (χ0v) is 17.0. The van der Waals surface area contributed by atoms with Crippen molar-refractivity contribution in [2.24, 2.45) is 5.10 Å². The van der Waals surface area contributed by atoms with E-state index in [-0.39, 0.29) is 0 Å². The Morgan fingerprint density at radius 2 is 1.96 bits per heavy atom. The SMILES string of the molecule is COc1cccc(COc2ccccc2/C=N\NC(=S)NC2CCCCC2)c1. The van der Waals surface area contributed by atoms with Crippen LogP contribution >= 0.6 is 12.2 Å². The van der Waals surface area contributed by atoms with Gasteiger partial charge in [0.2, 0.25) is 0 Å². The lowest BCUT2D eigenvalue weighted by Crippen LogP contribution is -2.40. The molecule has 0 aliphatic heterocycles. The number of thiocarbonyl (C=S) groups is 1. The van der Waals surface area contributed by atoms with Crippen LogP contribution in [-0.2, 0) is 6.61 Å². The minimum absolute atomic E-state index is 0.455. The van der Waals surface area contributed by atoms with E-state index in [1.165, 1.54) is 32.1 Å². The molecule has 3 rings (SSSR count). The Kier molecular flexibility index (Phi) is 7.67. The van der Waals surface area contributed by atoms with Crippen LogP contribution in [0.15, 0.2) is 53.6 Å². The maximum absolute atomic E-state index is 5.98. The second-order valence-electron chi connectivity index (χ2n) is 6.86. The highest BCUT2D eigenvalue weighted by atomic mass is 32.1. The average Bonchev–Trinajstić information content (AvgIpc) is 2.74. The summed E-state index contributed by atoms with van der Waals surface area (Å²) in [6.07, 6.45) is 7.93. The Bertz CT molecular complexity index is 804. The predicted octanol–water partition coefficient (Wildman–Crippen LogP) is 4.40. The van der Waals surface area contributed by atoms with Crippen molar-refractivity contribution in [2.45, 2.75) is 44.8 Å². The van der Waals surface area contributed by atoms with Crippen LogP contribution in [0.4, 0.5) is 0 Å². The molecule has 1 aliphatic carbocycles. The van der Waals surface area contributed by atoms with Crippen LogP contribution in [-0.4, -0.2) is 24.5 Å². The number of hydrogen-bond acceptors (Lipinski definition) is 4. The van der Waals surface area contributed by atoms with Gasteiger partial charge in [0.05, 0.1) is 13.3 Å². The van der Waals surface area contributed by atoms with Crippen LogP contribution in [0.5, 0.6) is 11.5 Å². The molecular formula is C22H27N3O2S. The third kappa shape index (κ3) is 6.23. The van der Waals surface area contributed by atoms with Crippen LogP contribution in [0.1, 0.15) is 43.2 Å². The molecule has 1 aliphatic rings. The summed E-state index contributed by atoms with van der Waals surface area (Å²) in [6, 6.07) is 16.1. The first kappa shape index (κ1) is 20.1. The Morgan fingerprint density at radius 3 is 2.79 bits per heavy atom. The molecule has 148 valence electrons. The van der Waals surface area contributed by atoms with Gasteiger partial charge in [0, 0.05) is 11.6 Å². The summed E-state index contributed by atoms with van der Waals surface area (Å²) >= 11 is 5.34. The molecule has 2 aromatic rings. The molecule has 5 nitrogen and oxygen atoms in total. The number of nitrogens with zero attached hydrogens (tertiary/aromatic N) is 1. The molecule has 6 heteroatoms. The van der Waals surface area contributed by atoms with E-state index in [0.717, 1.165) is 22.6 Å². The number of ether oxygens (including phenoxy) is 2. The van der Waals surface area contributed by atoms with Gasteiger partial charge >= 0.3 is 0 Å². The smallest absolute Gasteiger partial charge is 0.187 e. The Hall–Kier alpha value is -2.60. The Balaban J connectivity index is 1.54. The fourth-order valence-electron chi connectivity index (χ4n) is 3.27. The van der Waals surface area contributed by atoms with Gasteiger partial charge in [0.25, 0.3) is 0 Å². The summed E-state index contributed by atoms with van der Waals surface area (Å²) in [4.78, 5) is 0. The maximum atomic E-state index is 5.98. The monoisotopic (exact) mass is 397 g/mol. The summed E-state index contributed by atoms with van der Waals surface area (Å²) in [5.41, 5.74) is 4.84. The lowest BCUT2D eigenvalue weighted by molar-refractivity contribution is 0.305. The lowest BCUT2D eigenvalue weighted by atomic mass is 9.96. The maximum Gasteiger partial charge on any atom is 0.187 e. The third-order valence-corrected chi connectivity index (χ3v) is 4.97. The number of para-hydroxylation sites is 1. The van der Waals surface area contributed by atoms with E-state index in [2.05, 4.69) is 15.8 Å². The van der Waals surface area contributed by atoms with Crippen molar-refractivity contribution in [1.29, 1.82) is 0 Å². The van der Waals surface area contributed by atoms with Gasteiger partial charge in [-0.05, 0) is 54.9 Å². The number of methoxy groups -OCH3 is 1. The van der Waals surface area contributed by atoms with E-state index in [1.54, 1.807) is 13.3 Å². The summed E-state index contributed by atoms with van der Waals surface area (Å²) in [5, 5.41) is 8.18. The van der Waals surface area contributed by atoms with E-state index < -0.39 is 0 Å². The molecular weight excluding hydrogens is 370 g/mol. The quantitative estimate of drug-likeness (QED) is 0.412. The highest BCUT2D eigenvalue weighted by molar-refractivity contribution is 7.80. The van der Waals surface area contributed by atoms with E-state index >= 15 is 0 Å². The molecule has 1 saturated carbocycles. The van der Waals surface area contributed by atoms with Crippen LogP contribution in [0, 0.1) is 0 Å². The molecule has 0 amide bonds. The van der Waals surface area contributed by atoms with Crippen molar-refractivity contribution in [3.8, 4) is 11.5 Å². The number of rotatable bonds is 7. The van der Waals surface area contributed by atoms with Gasteiger partial charge < -0.3 is 14.8 Å². The first-order valence-corrected chi connectivity index (χ1v) is 10.1. The Labute approximate surface area is 172 Å². The summed E-state index contributed by atoms with van der Waals surface area (Å²) in [7, 11) is 1.66. The summed E-state index contributed by atoms with van der Waals surface area (Å²) in [5.74, 6) is 1.58. The molecule has 28 heavy (non-hydrogen) atoms. The van der Waals surface area contributed by atoms with Crippen molar-refractivity contribution < 1.29 is 9.47 Å². The highest BCUT2D eigenvalue weighted by Gasteiger charge is 2.13. The molecule has 0 bridgehead atoms. The van der Waals surface area contributed by atoms with E-state index in [4.69, 9.17) is 21.7 Å². The molecule has 2 N–H and O–H groups in total. The molecule has 0 unspecified atom stereocenters. The zero-order chi connectivity index (χ0) is 19.6. The topological polar surface area (TPSA) is 54.9 Å². The van der Waals surface area contributed by atoms with Gasteiger partial charge in [0.15, 0.2) is 5.11 Å². The van der Waals surface area contributed by atoms with Gasteiger partial charge in [-0.1, -0.05) is 43.5 Å². The van der Waals surface area contributed by atoms with Crippen molar-refractivity contribution in [3.63, 3.8) is 0 Å². The highest BCUT2D eigenvalue weighted by Crippen LogP contribution is 2.19. The number of hydrazone groups is 1. The fraction of sp³-hybridized carbons (Fsp3) is 0.364. The van der Waals surface area contributed by atoms with Gasteiger partial charge in [-0.25, -0.2) is 0 Å². The van der Waals surface area contributed by atoms with Crippen LogP contribution in [0.3, 0.4) is 0 Å². The molecule has 0 saturated heterocycles. The molecule has 1 fully saturated rings. The summed E-state index contributed by atoms with van der Waals surface area (Å²) in [6.45, 7) is 0.455. The molecule has 0 radical (unpaired) electrons. The predicted molar refractivity (Wildman–Crippen MR) is 117 cm³/mol. The fourth-order valence-corrected chi connectivity index (χ4v) is 3.49. The van der Waals surface area contributed by atoms with Gasteiger partial charge in [0.1, 0.15) is 18.1 Å². The van der Waals surface area contributed by atoms with Crippen molar-refractivity contribution in [2.75, 3.05) is 7.11 Å². The molecule has 0 aromatic heterocycles. The minimum Gasteiger partial charge on any atom is -0.497 e. The van der Waals surface area contributed by atoms with Crippen LogP contribution in [0.2, 0.25) is 0 Å². The van der Waals surface area contributed by atoms with Crippen LogP contribution in [0.25, 0.3) is 0 Å². The van der Waals surface area contributed by atoms with Gasteiger partial charge in [-0.15, -0.1) is 0 Å². The normalized spacial score (nSPS) is 14.6. The second-order valence-corrected chi connectivity index (χ2v) is 7.26.